The highest BCUT2D eigenvalue weighted by molar-refractivity contribution is 6.01. The number of benzene rings is 9. The molecule has 0 radical (unpaired) electrons. The van der Waals surface area contributed by atoms with E-state index in [0.717, 1.165) is 83.8 Å². The van der Waals surface area contributed by atoms with Crippen LogP contribution in [0, 0.1) is 0 Å². The Morgan fingerprint density at radius 2 is 0.821 bits per heavy atom. The van der Waals surface area contributed by atoms with E-state index in [1.54, 1.807) is 0 Å². The van der Waals surface area contributed by atoms with Crippen LogP contribution in [-0.4, -0.2) is 0 Å². The van der Waals surface area contributed by atoms with Crippen molar-refractivity contribution >= 4 is 17.1 Å². The van der Waals surface area contributed by atoms with Crippen molar-refractivity contribution in [3.05, 3.63) is 247 Å². The summed E-state index contributed by atoms with van der Waals surface area (Å²) in [5.74, 6) is 0. The Hall–Kier alpha value is -7.22. The van der Waals surface area contributed by atoms with Crippen LogP contribution in [0.25, 0.3) is 55.6 Å². The Bertz CT molecular complexity index is 3070. The van der Waals surface area contributed by atoms with Gasteiger partial charge in [0.25, 0.3) is 0 Å². The normalized spacial score (nSPS) is 15.8. The molecule has 2 aliphatic carbocycles. The van der Waals surface area contributed by atoms with Gasteiger partial charge in [0.2, 0.25) is 0 Å². The third-order valence-corrected chi connectivity index (χ3v) is 11.6. The lowest BCUT2D eigenvalue weighted by molar-refractivity contribution is 0.794. The fraction of sp³-hybridized carbons (Fsp3) is 0.0182. The molecule has 0 fully saturated rings. The lowest BCUT2D eigenvalue weighted by Crippen LogP contribution is -2.26. The van der Waals surface area contributed by atoms with Crippen LogP contribution in [-0.2, 0) is 5.41 Å². The van der Waals surface area contributed by atoms with Gasteiger partial charge < -0.3 is 4.90 Å². The van der Waals surface area contributed by atoms with Gasteiger partial charge in [-0.25, -0.2) is 0 Å². The van der Waals surface area contributed by atoms with Crippen LogP contribution in [0.2, 0.25) is 0 Å². The zero-order chi connectivity index (χ0) is 41.4. The van der Waals surface area contributed by atoms with E-state index in [1.165, 1.54) is 0 Å². The summed E-state index contributed by atoms with van der Waals surface area (Å²) in [5.41, 5.74) is 16.6. The SMILES string of the molecule is [2H]c1c([2H])c([2H])c(-c2ccc3c(c2)C2(c4ccccc4-3)c3ccccc3-c3c(N(c4ccc(-c5ccccc5)cc4)c4ccc(-c5ccccc5)cc4)cccc32)c([2H])c1[2H]. The first-order chi connectivity index (χ1) is 29.9. The van der Waals surface area contributed by atoms with Crippen LogP contribution in [0.5, 0.6) is 0 Å². The molecule has 1 spiro atoms. The molecule has 0 saturated heterocycles. The van der Waals surface area contributed by atoms with Gasteiger partial charge in [-0.1, -0.05) is 188 Å². The Kier molecular flexibility index (Phi) is 6.34. The van der Waals surface area contributed by atoms with E-state index in [-0.39, 0.29) is 29.7 Å². The lowest BCUT2D eigenvalue weighted by atomic mass is 9.70. The topological polar surface area (TPSA) is 3.24 Å². The molecule has 2 aliphatic rings. The zero-order valence-corrected chi connectivity index (χ0v) is 30.4. The second-order valence-electron chi connectivity index (χ2n) is 14.5. The molecule has 0 aliphatic heterocycles. The van der Waals surface area contributed by atoms with E-state index in [0.29, 0.717) is 5.56 Å². The molecule has 1 atom stereocenters. The third kappa shape index (κ3) is 4.88. The number of rotatable bonds is 6. The molecule has 0 aromatic heterocycles. The number of anilines is 3. The zero-order valence-electron chi connectivity index (χ0n) is 35.4. The Labute approximate surface area is 335 Å². The van der Waals surface area contributed by atoms with Crippen LogP contribution in [0.15, 0.2) is 224 Å². The Morgan fingerprint density at radius 3 is 1.45 bits per heavy atom. The van der Waals surface area contributed by atoms with Gasteiger partial charge in [0.05, 0.1) is 18.0 Å². The maximum Gasteiger partial charge on any atom is 0.0726 e. The van der Waals surface area contributed by atoms with Crippen molar-refractivity contribution in [1.29, 1.82) is 0 Å². The fourth-order valence-corrected chi connectivity index (χ4v) is 9.20. The highest BCUT2D eigenvalue weighted by atomic mass is 15.1. The fourth-order valence-electron chi connectivity index (χ4n) is 9.20. The lowest BCUT2D eigenvalue weighted by Gasteiger charge is -2.32. The molecule has 9 aromatic carbocycles. The van der Waals surface area contributed by atoms with Gasteiger partial charge in [0.1, 0.15) is 0 Å². The monoisotopic (exact) mass is 716 g/mol. The predicted octanol–water partition coefficient (Wildman–Crippen LogP) is 14.5. The van der Waals surface area contributed by atoms with E-state index in [9.17, 15) is 0 Å². The van der Waals surface area contributed by atoms with Gasteiger partial charge in [0, 0.05) is 16.9 Å². The van der Waals surface area contributed by atoms with E-state index in [1.807, 2.05) is 18.2 Å². The van der Waals surface area contributed by atoms with Crippen molar-refractivity contribution in [1.82, 2.24) is 0 Å². The molecule has 0 bridgehead atoms. The minimum absolute atomic E-state index is 0.198. The summed E-state index contributed by atoms with van der Waals surface area (Å²) in [6.07, 6.45) is 0. The summed E-state index contributed by atoms with van der Waals surface area (Å²) in [4.78, 5) is 2.36. The van der Waals surface area contributed by atoms with Crippen molar-refractivity contribution in [2.75, 3.05) is 4.90 Å². The first kappa shape index (κ1) is 27.4. The van der Waals surface area contributed by atoms with Crippen molar-refractivity contribution < 1.29 is 6.85 Å². The van der Waals surface area contributed by atoms with Crippen LogP contribution in [0.4, 0.5) is 17.1 Å². The van der Waals surface area contributed by atoms with Gasteiger partial charge in [0.15, 0.2) is 0 Å². The summed E-state index contributed by atoms with van der Waals surface area (Å²) < 4.78 is 43.1. The standard InChI is InChI=1S/C55H37N/c1-4-15-38(16-5-1)41-27-32-44(33-28-41)56(45-34-29-42(30-35-45)39-17-6-2-7-18-39)53-26-14-25-51-54(53)48-22-11-13-24-50(48)55(51)49-23-12-10-21-46(49)47-36-31-43(37-52(47)55)40-19-8-3-9-20-40/h1-37H/i3D,8D,9D,19D,20D. The molecule has 0 heterocycles. The second-order valence-corrected chi connectivity index (χ2v) is 14.5. The van der Waals surface area contributed by atoms with Crippen molar-refractivity contribution in [2.45, 2.75) is 5.41 Å². The molecule has 1 nitrogen and oxygen atoms in total. The molecular weight excluding hydrogens is 675 g/mol. The maximum atomic E-state index is 8.92. The molecule has 1 heteroatoms. The third-order valence-electron chi connectivity index (χ3n) is 11.6. The second kappa shape index (κ2) is 13.0. The van der Waals surface area contributed by atoms with Gasteiger partial charge in [-0.05, 0) is 109 Å². The van der Waals surface area contributed by atoms with E-state index >= 15 is 0 Å². The number of hydrogen-bond donors (Lipinski definition) is 0. The van der Waals surface area contributed by atoms with Crippen LogP contribution < -0.4 is 4.90 Å². The minimum atomic E-state index is -0.753. The molecule has 0 N–H and O–H groups in total. The van der Waals surface area contributed by atoms with E-state index in [4.69, 9.17) is 6.85 Å². The number of nitrogens with zero attached hydrogens (tertiary/aromatic N) is 1. The molecule has 56 heavy (non-hydrogen) atoms. The van der Waals surface area contributed by atoms with Gasteiger partial charge in [-0.15, -0.1) is 0 Å². The largest absolute Gasteiger partial charge is 0.310 e. The van der Waals surface area contributed by atoms with E-state index in [2.05, 4.69) is 181 Å². The van der Waals surface area contributed by atoms with Crippen LogP contribution >= 0.6 is 0 Å². The first-order valence-electron chi connectivity index (χ1n) is 21.5. The first-order valence-corrected chi connectivity index (χ1v) is 19.0. The predicted molar refractivity (Wildman–Crippen MR) is 234 cm³/mol. The maximum absolute atomic E-state index is 8.92. The average molecular weight is 717 g/mol. The smallest absolute Gasteiger partial charge is 0.0726 e. The summed E-state index contributed by atoms with van der Waals surface area (Å²) in [6.45, 7) is 0. The highest BCUT2D eigenvalue weighted by Gasteiger charge is 2.52. The summed E-state index contributed by atoms with van der Waals surface area (Å²) in [7, 11) is 0. The molecule has 9 aromatic rings. The molecule has 262 valence electrons. The van der Waals surface area contributed by atoms with Crippen molar-refractivity contribution in [3.63, 3.8) is 0 Å². The molecule has 1 unspecified atom stereocenters. The average Bonchev–Trinajstić information content (AvgIpc) is 3.79. The molecule has 11 rings (SSSR count). The Morgan fingerprint density at radius 1 is 0.339 bits per heavy atom. The number of fused-ring (bicyclic) bond motifs is 10. The number of hydrogen-bond acceptors (Lipinski definition) is 1. The Balaban J connectivity index is 1.16. The molecular formula is C55H37N. The highest BCUT2D eigenvalue weighted by Crippen LogP contribution is 2.65. The van der Waals surface area contributed by atoms with Gasteiger partial charge in [-0.2, -0.15) is 0 Å². The van der Waals surface area contributed by atoms with Gasteiger partial charge in [-0.3, -0.25) is 0 Å². The van der Waals surface area contributed by atoms with Crippen LogP contribution in [0.1, 0.15) is 29.1 Å². The quantitative estimate of drug-likeness (QED) is 0.166. The van der Waals surface area contributed by atoms with E-state index < -0.39 is 11.5 Å². The van der Waals surface area contributed by atoms with Crippen LogP contribution in [0.3, 0.4) is 0 Å². The van der Waals surface area contributed by atoms with Gasteiger partial charge >= 0.3 is 0 Å². The summed E-state index contributed by atoms with van der Waals surface area (Å²) in [5, 5.41) is 0. The molecule has 0 saturated carbocycles. The minimum Gasteiger partial charge on any atom is -0.310 e. The summed E-state index contributed by atoms with van der Waals surface area (Å²) >= 11 is 0. The van der Waals surface area contributed by atoms with Crippen molar-refractivity contribution in [2.24, 2.45) is 0 Å². The summed E-state index contributed by atoms with van der Waals surface area (Å²) in [6, 6.07) is 66.9. The van der Waals surface area contributed by atoms with Crippen molar-refractivity contribution in [3.8, 4) is 55.6 Å². The molecule has 0 amide bonds.